The van der Waals surface area contributed by atoms with Crippen LogP contribution in [0.3, 0.4) is 0 Å². The number of aromatic amines is 1. The number of fused-ring (bicyclic) bond motifs is 1. The highest BCUT2D eigenvalue weighted by molar-refractivity contribution is 5.94. The predicted molar refractivity (Wildman–Crippen MR) is 88.2 cm³/mol. The molecule has 3 aromatic rings. The molecular weight excluding hydrogens is 309 g/mol. The Morgan fingerprint density at radius 2 is 2.04 bits per heavy atom. The van der Waals surface area contributed by atoms with E-state index in [-0.39, 0.29) is 11.7 Å². The number of morpholine rings is 1. The smallest absolute Gasteiger partial charge is 0.270 e. The zero-order valence-electron chi connectivity index (χ0n) is 13.0. The van der Waals surface area contributed by atoms with Crippen LogP contribution in [0.25, 0.3) is 22.0 Å². The Morgan fingerprint density at radius 3 is 2.88 bits per heavy atom. The first-order valence-electron chi connectivity index (χ1n) is 7.82. The van der Waals surface area contributed by atoms with Gasteiger partial charge in [0.2, 0.25) is 0 Å². The topological polar surface area (TPSA) is 58.2 Å². The highest BCUT2D eigenvalue weighted by Crippen LogP contribution is 2.25. The Balaban J connectivity index is 1.65. The minimum absolute atomic E-state index is 0.0514. The summed E-state index contributed by atoms with van der Waals surface area (Å²) in [7, 11) is 0. The van der Waals surface area contributed by atoms with E-state index in [4.69, 9.17) is 4.74 Å². The number of benzene rings is 1. The molecule has 0 spiro atoms. The van der Waals surface area contributed by atoms with Crippen molar-refractivity contribution >= 4 is 16.8 Å². The van der Waals surface area contributed by atoms with Crippen molar-refractivity contribution in [3.8, 4) is 11.1 Å². The lowest BCUT2D eigenvalue weighted by Crippen LogP contribution is -2.40. The van der Waals surface area contributed by atoms with Crippen LogP contribution >= 0.6 is 0 Å². The van der Waals surface area contributed by atoms with Crippen molar-refractivity contribution in [2.24, 2.45) is 0 Å². The number of nitrogens with one attached hydrogen (secondary N) is 1. The summed E-state index contributed by atoms with van der Waals surface area (Å²) in [5.41, 5.74) is 2.70. The number of pyridine rings is 1. The van der Waals surface area contributed by atoms with Gasteiger partial charge in [-0.1, -0.05) is 6.07 Å². The summed E-state index contributed by atoms with van der Waals surface area (Å²) in [6.07, 6.45) is 3.44. The average molecular weight is 325 g/mol. The number of hydrogen-bond acceptors (Lipinski definition) is 3. The van der Waals surface area contributed by atoms with E-state index >= 15 is 0 Å². The second-order valence-electron chi connectivity index (χ2n) is 5.74. The molecule has 1 fully saturated rings. The molecule has 1 saturated heterocycles. The normalized spacial score (nSPS) is 15.0. The molecule has 1 aromatic carbocycles. The molecule has 0 unspecified atom stereocenters. The number of aromatic nitrogens is 2. The molecule has 0 radical (unpaired) electrons. The molecule has 4 rings (SSSR count). The predicted octanol–water partition coefficient (Wildman–Crippen LogP) is 2.84. The maximum atomic E-state index is 13.9. The van der Waals surface area contributed by atoms with E-state index in [2.05, 4.69) is 9.97 Å². The molecule has 6 heteroatoms. The Morgan fingerprint density at radius 1 is 1.21 bits per heavy atom. The van der Waals surface area contributed by atoms with Crippen LogP contribution in [0.2, 0.25) is 0 Å². The zero-order chi connectivity index (χ0) is 16.5. The van der Waals surface area contributed by atoms with Crippen LogP contribution in [0.4, 0.5) is 4.39 Å². The van der Waals surface area contributed by atoms with Crippen LogP contribution in [0.1, 0.15) is 10.5 Å². The third-order valence-corrected chi connectivity index (χ3v) is 4.22. The maximum absolute atomic E-state index is 13.9. The Kier molecular flexibility index (Phi) is 3.74. The number of hydrogen-bond donors (Lipinski definition) is 1. The van der Waals surface area contributed by atoms with Gasteiger partial charge in [-0.05, 0) is 24.3 Å². The third kappa shape index (κ3) is 2.65. The molecule has 3 heterocycles. The van der Waals surface area contributed by atoms with Crippen molar-refractivity contribution < 1.29 is 13.9 Å². The molecule has 1 aliphatic heterocycles. The van der Waals surface area contributed by atoms with Crippen LogP contribution in [-0.2, 0) is 4.74 Å². The van der Waals surface area contributed by atoms with Crippen LogP contribution in [0, 0.1) is 5.82 Å². The van der Waals surface area contributed by atoms with Crippen LogP contribution in [0.15, 0.2) is 42.7 Å². The first-order valence-corrected chi connectivity index (χ1v) is 7.82. The summed E-state index contributed by atoms with van der Waals surface area (Å²) in [6, 6.07) is 8.36. The Labute approximate surface area is 138 Å². The average Bonchev–Trinajstić information content (AvgIpc) is 3.12. The second kappa shape index (κ2) is 6.05. The SMILES string of the molecule is O=C(c1cc(-c2cnc3cccc(F)c3c2)c[nH]1)N1CCOCC1. The van der Waals surface area contributed by atoms with Gasteiger partial charge in [-0.2, -0.15) is 0 Å². The fourth-order valence-electron chi connectivity index (χ4n) is 2.89. The van der Waals surface area contributed by atoms with Crippen molar-refractivity contribution in [1.29, 1.82) is 0 Å². The summed E-state index contributed by atoms with van der Waals surface area (Å²) in [6.45, 7) is 2.31. The van der Waals surface area contributed by atoms with Gasteiger partial charge in [0, 0.05) is 42.0 Å². The molecule has 24 heavy (non-hydrogen) atoms. The zero-order valence-corrected chi connectivity index (χ0v) is 13.0. The van der Waals surface area contributed by atoms with Crippen LogP contribution < -0.4 is 0 Å². The maximum Gasteiger partial charge on any atom is 0.270 e. The number of nitrogens with zero attached hydrogens (tertiary/aromatic N) is 2. The fourth-order valence-corrected chi connectivity index (χ4v) is 2.89. The van der Waals surface area contributed by atoms with Gasteiger partial charge in [-0.15, -0.1) is 0 Å². The quantitative estimate of drug-likeness (QED) is 0.788. The van der Waals surface area contributed by atoms with Crippen molar-refractivity contribution in [2.45, 2.75) is 0 Å². The minimum Gasteiger partial charge on any atom is -0.378 e. The molecular formula is C18H16FN3O2. The number of amides is 1. The second-order valence-corrected chi connectivity index (χ2v) is 5.74. The molecule has 1 amide bonds. The Hall–Kier alpha value is -2.73. The van der Waals surface area contributed by atoms with Crippen molar-refractivity contribution in [3.63, 3.8) is 0 Å². The van der Waals surface area contributed by atoms with Crippen LogP contribution in [-0.4, -0.2) is 47.1 Å². The van der Waals surface area contributed by atoms with Crippen molar-refractivity contribution in [1.82, 2.24) is 14.9 Å². The molecule has 122 valence electrons. The van der Waals surface area contributed by atoms with Crippen LogP contribution in [0.5, 0.6) is 0 Å². The molecule has 0 aliphatic carbocycles. The van der Waals surface area contributed by atoms with E-state index < -0.39 is 0 Å². The highest BCUT2D eigenvalue weighted by atomic mass is 19.1. The van der Waals surface area contributed by atoms with Gasteiger partial charge in [-0.3, -0.25) is 9.78 Å². The monoisotopic (exact) mass is 325 g/mol. The van der Waals surface area contributed by atoms with Gasteiger partial charge < -0.3 is 14.6 Å². The van der Waals surface area contributed by atoms with E-state index in [0.29, 0.717) is 42.9 Å². The summed E-state index contributed by atoms with van der Waals surface area (Å²) in [5, 5.41) is 0.470. The summed E-state index contributed by atoms with van der Waals surface area (Å²) in [5.74, 6) is -0.355. The van der Waals surface area contributed by atoms with Crippen molar-refractivity contribution in [3.05, 3.63) is 54.2 Å². The lowest BCUT2D eigenvalue weighted by Gasteiger charge is -2.26. The number of carbonyl (C=O) groups is 1. The highest BCUT2D eigenvalue weighted by Gasteiger charge is 2.20. The number of ether oxygens (including phenoxy) is 1. The van der Waals surface area contributed by atoms with E-state index in [9.17, 15) is 9.18 Å². The van der Waals surface area contributed by atoms with Gasteiger partial charge >= 0.3 is 0 Å². The van der Waals surface area contributed by atoms with E-state index in [1.54, 1.807) is 41.6 Å². The van der Waals surface area contributed by atoms with Gasteiger partial charge in [-0.25, -0.2) is 4.39 Å². The summed E-state index contributed by atoms with van der Waals surface area (Å²) < 4.78 is 19.2. The molecule has 0 atom stereocenters. The van der Waals surface area contributed by atoms with E-state index in [0.717, 1.165) is 11.1 Å². The standard InChI is InChI=1S/C18H16FN3O2/c19-15-2-1-3-16-14(15)8-12(10-20-16)13-9-17(21-11-13)18(23)22-4-6-24-7-5-22/h1-3,8-11,21H,4-7H2. The van der Waals surface area contributed by atoms with E-state index in [1.165, 1.54) is 6.07 Å². The number of halogens is 1. The Bertz CT molecular complexity index is 900. The van der Waals surface area contributed by atoms with Crippen molar-refractivity contribution in [2.75, 3.05) is 26.3 Å². The van der Waals surface area contributed by atoms with Gasteiger partial charge in [0.1, 0.15) is 11.5 Å². The first-order chi connectivity index (χ1) is 11.7. The molecule has 1 aliphatic rings. The van der Waals surface area contributed by atoms with E-state index in [1.807, 2.05) is 0 Å². The largest absolute Gasteiger partial charge is 0.378 e. The number of H-pyrrole nitrogens is 1. The fraction of sp³-hybridized carbons (Fsp3) is 0.222. The van der Waals surface area contributed by atoms with Gasteiger partial charge in [0.05, 0.1) is 18.7 Å². The molecule has 5 nitrogen and oxygen atoms in total. The number of rotatable bonds is 2. The number of carbonyl (C=O) groups excluding carboxylic acids is 1. The van der Waals surface area contributed by atoms with Gasteiger partial charge in [0.15, 0.2) is 0 Å². The summed E-state index contributed by atoms with van der Waals surface area (Å²) >= 11 is 0. The molecule has 1 N–H and O–H groups in total. The molecule has 0 bridgehead atoms. The van der Waals surface area contributed by atoms with Gasteiger partial charge in [0.25, 0.3) is 5.91 Å². The molecule has 2 aromatic heterocycles. The summed E-state index contributed by atoms with van der Waals surface area (Å²) in [4.78, 5) is 21.5. The minimum atomic E-state index is -0.304. The molecule has 0 saturated carbocycles. The lowest BCUT2D eigenvalue weighted by molar-refractivity contribution is 0.0299. The third-order valence-electron chi connectivity index (χ3n) is 4.22. The lowest BCUT2D eigenvalue weighted by atomic mass is 10.1. The first kappa shape index (κ1) is 14.8.